The van der Waals surface area contributed by atoms with Crippen LogP contribution in [0.2, 0.25) is 0 Å². The van der Waals surface area contributed by atoms with Crippen molar-refractivity contribution in [2.75, 3.05) is 0 Å². The van der Waals surface area contributed by atoms with Crippen LogP contribution in [0.4, 0.5) is 0 Å². The van der Waals surface area contributed by atoms with Crippen molar-refractivity contribution in [3.63, 3.8) is 0 Å². The summed E-state index contributed by atoms with van der Waals surface area (Å²) in [6.07, 6.45) is 2.76. The van der Waals surface area contributed by atoms with E-state index in [-0.39, 0.29) is 25.7 Å². The third-order valence-corrected chi connectivity index (χ3v) is 8.08. The summed E-state index contributed by atoms with van der Waals surface area (Å²) in [6.45, 7) is 10.7. The zero-order valence-corrected chi connectivity index (χ0v) is 23.4. The Balaban J connectivity index is 2.39. The molecule has 1 aliphatic heterocycles. The number of rotatable bonds is 4. The Labute approximate surface area is 223 Å². The smallest absolute Gasteiger partial charge is 0.309 e. The number of aryl methyl sites for hydroxylation is 1. The van der Waals surface area contributed by atoms with Gasteiger partial charge in [-0.2, -0.15) is 0 Å². The normalized spacial score (nSPS) is 32.6. The van der Waals surface area contributed by atoms with E-state index in [0.29, 0.717) is 12.8 Å². The molecule has 2 heterocycles. The van der Waals surface area contributed by atoms with E-state index in [9.17, 15) is 19.8 Å². The van der Waals surface area contributed by atoms with Gasteiger partial charge in [-0.15, -0.1) is 11.3 Å². The van der Waals surface area contributed by atoms with Crippen molar-refractivity contribution in [1.82, 2.24) is 4.98 Å². The lowest BCUT2D eigenvalue weighted by Gasteiger charge is -2.36. The molecule has 0 spiro atoms. The summed E-state index contributed by atoms with van der Waals surface area (Å²) in [5.74, 6) is -2.10. The summed E-state index contributed by atoms with van der Waals surface area (Å²) < 4.78 is 21.5. The fraction of sp³-hybridized carbons (Fsp3) is 0.690. The number of esters is 1. The third kappa shape index (κ3) is 8.35. The minimum Gasteiger partial charge on any atom is -0.457 e. The first-order chi connectivity index (χ1) is 17.8. The van der Waals surface area contributed by atoms with Crippen LogP contribution in [0.25, 0.3) is 6.08 Å². The molecular formula is C29H45NO5S. The van der Waals surface area contributed by atoms with E-state index in [4.69, 9.17) is 7.48 Å². The maximum absolute atomic E-state index is 13.7. The molecule has 0 fully saturated rings. The van der Waals surface area contributed by atoms with E-state index >= 15 is 0 Å². The lowest BCUT2D eigenvalue weighted by molar-refractivity contribution is -0.154. The molecule has 1 aromatic heterocycles. The molecule has 0 saturated carbocycles. The molecule has 0 radical (unpaired) electrons. The molecule has 1 unspecified atom stereocenters. The van der Waals surface area contributed by atoms with Crippen molar-refractivity contribution in [1.29, 1.82) is 0 Å². The van der Waals surface area contributed by atoms with Gasteiger partial charge in [0.2, 0.25) is 0 Å². The Bertz CT molecular complexity index is 1000. The molecule has 0 amide bonds. The molecule has 36 heavy (non-hydrogen) atoms. The highest BCUT2D eigenvalue weighted by Gasteiger charge is 2.43. The number of hydrogen-bond donors (Lipinski definition) is 2. The van der Waals surface area contributed by atoms with Crippen LogP contribution in [-0.2, 0) is 14.3 Å². The fourth-order valence-electron chi connectivity index (χ4n) is 4.62. The quantitative estimate of drug-likeness (QED) is 0.369. The standard InChI is InChI=1S/C29H45NO5S/c1-8-10-23-27(33)19(3)12-9-11-18(2)13-14-24(20(4)15-22-17-36-21(5)30-22)35-26(32)16-25(31)29(6,7)28(23)34/h13,15,17,19,23-25,27,31,33H,8-12,14,16H2,1-7H3/b18-13-,20-15+/t19-,23+,24-,25-,27-/m0/s1/i1T,8T/t8?,19-,23+,24-,25-,27-. The number of aliphatic hydroxyl groups is 2. The Hall–Kier alpha value is -1.83. The van der Waals surface area contributed by atoms with Crippen LogP contribution in [0.5, 0.6) is 0 Å². The number of Topliss-reactive ketones (excluding diaryl/α,β-unsaturated/α-hetero) is 1. The van der Waals surface area contributed by atoms with Gasteiger partial charge in [0.15, 0.2) is 0 Å². The second-order valence-electron chi connectivity index (χ2n) is 10.7. The number of carbonyl (C=O) groups is 2. The van der Waals surface area contributed by atoms with Crippen molar-refractivity contribution in [3.8, 4) is 0 Å². The number of aromatic nitrogens is 1. The highest BCUT2D eigenvalue weighted by Crippen LogP contribution is 2.34. The highest BCUT2D eigenvalue weighted by atomic mass is 32.1. The molecule has 0 aromatic carbocycles. The Kier molecular flexibility index (Phi) is 10.3. The number of ketones is 1. The third-order valence-electron chi connectivity index (χ3n) is 7.29. The van der Waals surface area contributed by atoms with Gasteiger partial charge < -0.3 is 14.9 Å². The van der Waals surface area contributed by atoms with Gasteiger partial charge in [0.25, 0.3) is 0 Å². The molecule has 2 rings (SSSR count). The van der Waals surface area contributed by atoms with Crippen LogP contribution in [0.3, 0.4) is 0 Å². The summed E-state index contributed by atoms with van der Waals surface area (Å²) in [6, 6.07) is 0. The largest absolute Gasteiger partial charge is 0.457 e. The maximum atomic E-state index is 13.7. The van der Waals surface area contributed by atoms with Crippen LogP contribution in [-0.4, -0.2) is 45.3 Å². The van der Waals surface area contributed by atoms with Crippen molar-refractivity contribution in [3.05, 3.63) is 33.3 Å². The summed E-state index contributed by atoms with van der Waals surface area (Å²) >= 11 is 1.55. The molecular weight excluding hydrogens is 474 g/mol. The van der Waals surface area contributed by atoms with Gasteiger partial charge in [0, 0.05) is 20.5 Å². The molecule has 1 aromatic rings. The van der Waals surface area contributed by atoms with Crippen LogP contribution in [0.15, 0.2) is 22.6 Å². The Morgan fingerprint density at radius 1 is 1.36 bits per heavy atom. The van der Waals surface area contributed by atoms with Gasteiger partial charge in [-0.25, -0.2) is 4.98 Å². The Morgan fingerprint density at radius 2 is 2.08 bits per heavy atom. The number of aliphatic hydroxyl groups excluding tert-OH is 2. The van der Waals surface area contributed by atoms with E-state index < -0.39 is 47.8 Å². The first kappa shape index (κ1) is 27.2. The van der Waals surface area contributed by atoms with E-state index in [2.05, 4.69) is 11.1 Å². The topological polar surface area (TPSA) is 96.7 Å². The highest BCUT2D eigenvalue weighted by molar-refractivity contribution is 7.09. The summed E-state index contributed by atoms with van der Waals surface area (Å²) in [5, 5.41) is 25.1. The minimum absolute atomic E-state index is 0.0372. The average Bonchev–Trinajstić information content (AvgIpc) is 3.27. The first-order valence-electron chi connectivity index (χ1n) is 14.1. The number of thiazole rings is 1. The fourth-order valence-corrected chi connectivity index (χ4v) is 5.19. The second-order valence-corrected chi connectivity index (χ2v) is 11.8. The molecule has 1 aliphatic rings. The number of ether oxygens (including phenoxy) is 1. The van der Waals surface area contributed by atoms with Crippen LogP contribution in [0.1, 0.15) is 99.9 Å². The summed E-state index contributed by atoms with van der Waals surface area (Å²) in [7, 11) is 0. The number of carbonyl (C=O) groups excluding carboxylic acids is 2. The predicted octanol–water partition coefficient (Wildman–Crippen LogP) is 6.05. The number of allylic oxidation sites excluding steroid dienone is 1. The van der Waals surface area contributed by atoms with E-state index in [0.717, 1.165) is 34.7 Å². The van der Waals surface area contributed by atoms with Crippen molar-refractivity contribution in [2.45, 2.75) is 112 Å². The van der Waals surface area contributed by atoms with Gasteiger partial charge in [0.05, 0.1) is 34.7 Å². The average molecular weight is 524 g/mol. The summed E-state index contributed by atoms with van der Waals surface area (Å²) in [5.41, 5.74) is 1.44. The molecule has 6 atom stereocenters. The maximum Gasteiger partial charge on any atom is 0.309 e. The van der Waals surface area contributed by atoms with Crippen LogP contribution in [0, 0.1) is 24.2 Å². The van der Waals surface area contributed by atoms with Gasteiger partial charge in [-0.1, -0.05) is 45.7 Å². The van der Waals surface area contributed by atoms with Crippen molar-refractivity contribution < 1.29 is 27.3 Å². The van der Waals surface area contributed by atoms with Crippen LogP contribution >= 0.6 is 11.3 Å². The molecule has 202 valence electrons. The molecule has 6 nitrogen and oxygen atoms in total. The van der Waals surface area contributed by atoms with Gasteiger partial charge >= 0.3 is 5.97 Å². The number of nitrogens with zero attached hydrogens (tertiary/aromatic N) is 1. The van der Waals surface area contributed by atoms with Gasteiger partial charge in [-0.05, 0) is 64.0 Å². The molecule has 0 saturated heterocycles. The van der Waals surface area contributed by atoms with E-state index in [1.165, 1.54) is 0 Å². The Morgan fingerprint density at radius 3 is 2.72 bits per heavy atom. The zero-order valence-electron chi connectivity index (χ0n) is 24.6. The molecule has 0 aliphatic carbocycles. The van der Waals surface area contributed by atoms with E-state index in [1.807, 2.05) is 39.2 Å². The first-order valence-corrected chi connectivity index (χ1v) is 13.7. The predicted molar refractivity (Wildman–Crippen MR) is 146 cm³/mol. The van der Waals surface area contributed by atoms with Gasteiger partial charge in [0.1, 0.15) is 11.9 Å². The van der Waals surface area contributed by atoms with Crippen LogP contribution < -0.4 is 0 Å². The van der Waals surface area contributed by atoms with Gasteiger partial charge in [-0.3, -0.25) is 9.59 Å². The monoisotopic (exact) mass is 523 g/mol. The molecule has 7 heteroatoms. The van der Waals surface area contributed by atoms with E-state index in [1.54, 1.807) is 25.2 Å². The molecule has 0 bridgehead atoms. The molecule has 2 N–H and O–H groups in total. The number of hydrogen-bond acceptors (Lipinski definition) is 7. The van der Waals surface area contributed by atoms with Crippen molar-refractivity contribution in [2.24, 2.45) is 17.3 Å². The zero-order chi connectivity index (χ0) is 28.6. The lowest BCUT2D eigenvalue weighted by Crippen LogP contribution is -2.46. The second kappa shape index (κ2) is 13.6. The minimum atomic E-state index is -1.35. The number of cyclic esters (lactones) is 1. The van der Waals surface area contributed by atoms with Crippen molar-refractivity contribution >= 4 is 29.2 Å². The SMILES string of the molecule is [3H]CC([3H])C[C@H]1C(=O)C(C)(C)[C@@H](O)CC(=O)O[C@H](/C(C)=C/c2csc(C)n2)C/C=C(/C)CCC[C@H](C)[C@@H]1O. The summed E-state index contributed by atoms with van der Waals surface area (Å²) in [4.78, 5) is 31.1. The lowest BCUT2D eigenvalue weighted by atomic mass is 9.71.